The zero-order chi connectivity index (χ0) is 27.5. The second-order valence-corrected chi connectivity index (χ2v) is 8.52. The van der Waals surface area contributed by atoms with Crippen LogP contribution in [0.15, 0.2) is 57.5 Å². The number of nitrogen functional groups attached to an aromatic ring is 1. The normalized spacial score (nSPS) is 11.0. The Bertz CT molecular complexity index is 901. The number of aliphatic hydroxyl groups is 2. The van der Waals surface area contributed by atoms with Gasteiger partial charge in [0.1, 0.15) is 6.04 Å². The number of hydrogen-bond acceptors (Lipinski definition) is 9. The zero-order valence-corrected chi connectivity index (χ0v) is 24.6. The molecule has 0 radical (unpaired) electrons. The Kier molecular flexibility index (Phi) is 21.6. The summed E-state index contributed by atoms with van der Waals surface area (Å²) >= 11 is 6.57. The van der Waals surface area contributed by atoms with Gasteiger partial charge in [-0.25, -0.2) is 9.59 Å². The molecule has 0 unspecified atom stereocenters. The van der Waals surface area contributed by atoms with E-state index in [-0.39, 0.29) is 26.7 Å². The summed E-state index contributed by atoms with van der Waals surface area (Å²) in [5.74, 6) is -1.23. The summed E-state index contributed by atoms with van der Waals surface area (Å²) in [5, 5.41) is 22.2. The second kappa shape index (κ2) is 21.7. The molecular weight excluding hydrogens is 636 g/mol. The Morgan fingerprint density at radius 1 is 0.865 bits per heavy atom. The summed E-state index contributed by atoms with van der Waals surface area (Å²) < 4.78 is 11.1. The van der Waals surface area contributed by atoms with Crippen LogP contribution in [0.1, 0.15) is 13.8 Å². The van der Waals surface area contributed by atoms with Gasteiger partial charge in [0.2, 0.25) is 0 Å². The van der Waals surface area contributed by atoms with Crippen LogP contribution >= 0.6 is 45.4 Å². The van der Waals surface area contributed by atoms with Gasteiger partial charge in [-0.15, -0.1) is 0 Å². The third-order valence-corrected chi connectivity index (χ3v) is 4.87. The molecule has 0 bridgehead atoms. The van der Waals surface area contributed by atoms with E-state index >= 15 is 0 Å². The van der Waals surface area contributed by atoms with Crippen LogP contribution in [0.2, 0.25) is 0 Å². The Balaban J connectivity index is 0. The molecule has 0 aliphatic rings. The Morgan fingerprint density at radius 3 is 1.73 bits per heavy atom. The van der Waals surface area contributed by atoms with Crippen LogP contribution in [-0.2, 0) is 19.1 Å². The number of urea groups is 1. The van der Waals surface area contributed by atoms with Crippen LogP contribution in [0.4, 0.5) is 16.2 Å². The number of carbonyl (C=O) groups is 3. The maximum atomic E-state index is 11.6. The van der Waals surface area contributed by atoms with Gasteiger partial charge < -0.3 is 41.8 Å². The number of halogens is 2. The molecule has 2 amide bonds. The van der Waals surface area contributed by atoms with Crippen molar-refractivity contribution in [2.45, 2.75) is 25.9 Å². The van der Waals surface area contributed by atoms with Crippen molar-refractivity contribution in [2.75, 3.05) is 37.5 Å². The highest BCUT2D eigenvalue weighted by Gasteiger charge is 2.20. The van der Waals surface area contributed by atoms with Gasteiger partial charge in [0, 0.05) is 20.3 Å². The van der Waals surface area contributed by atoms with Gasteiger partial charge in [0.05, 0.1) is 26.4 Å². The van der Waals surface area contributed by atoms with E-state index in [9.17, 15) is 14.4 Å². The molecule has 2 rings (SSSR count). The van der Waals surface area contributed by atoms with Crippen LogP contribution in [-0.4, -0.2) is 66.7 Å². The predicted molar refractivity (Wildman–Crippen MR) is 154 cm³/mol. The lowest BCUT2D eigenvalue weighted by molar-refractivity contribution is -0.146. The molecule has 11 nitrogen and oxygen atoms in total. The van der Waals surface area contributed by atoms with E-state index in [4.69, 9.17) is 26.4 Å². The number of rotatable bonds is 8. The molecule has 0 aromatic heterocycles. The summed E-state index contributed by atoms with van der Waals surface area (Å²) in [5.41, 5.74) is 11.9. The van der Waals surface area contributed by atoms with Crippen molar-refractivity contribution in [3.63, 3.8) is 0 Å². The SMILES string of the molecule is CCOC(=O)[C@@H](N)CO.CCOC(=O)[C@H](CO)NC(=O)Nc1ccc(Br)cc1.Nc1ccc(Br)cc1.S. The number of nitrogens with two attached hydrogens (primary N) is 2. The molecular formula is C23H34Br2N4O7S. The highest BCUT2D eigenvalue weighted by atomic mass is 79.9. The highest BCUT2D eigenvalue weighted by Crippen LogP contribution is 2.14. The van der Waals surface area contributed by atoms with Crippen molar-refractivity contribution in [1.29, 1.82) is 0 Å². The standard InChI is InChI=1S/C12H15BrN2O4.C6H6BrN.C5H11NO3.H2S/c1-2-19-11(17)10(7-16)15-12(18)14-9-5-3-8(13)4-6-9;7-5-1-3-6(8)4-2-5;1-2-9-5(8)4(6)3-7;/h3-6,10,16H,2,7H2,1H3,(H2,14,15,18);1-4H,8H2;4,7H,2-3,6H2,1H3;1H2/t10-;;4-;/m0.0./s1. The number of esters is 2. The second-order valence-electron chi connectivity index (χ2n) is 6.69. The first-order valence-corrected chi connectivity index (χ1v) is 12.3. The summed E-state index contributed by atoms with van der Waals surface area (Å²) in [6.45, 7) is 2.93. The van der Waals surface area contributed by atoms with E-state index in [0.29, 0.717) is 12.3 Å². The average Bonchev–Trinajstić information content (AvgIpc) is 2.86. The van der Waals surface area contributed by atoms with Crippen molar-refractivity contribution in [1.82, 2.24) is 5.32 Å². The molecule has 0 aliphatic heterocycles. The van der Waals surface area contributed by atoms with Crippen molar-refractivity contribution in [3.8, 4) is 0 Å². The molecule has 0 heterocycles. The average molecular weight is 670 g/mol. The lowest BCUT2D eigenvalue weighted by atomic mass is 10.3. The Hall–Kier alpha value is -2.36. The van der Waals surface area contributed by atoms with Crippen LogP contribution in [0, 0.1) is 0 Å². The molecule has 2 aromatic carbocycles. The van der Waals surface area contributed by atoms with Crippen molar-refractivity contribution >= 4 is 74.7 Å². The van der Waals surface area contributed by atoms with E-state index in [1.165, 1.54) is 0 Å². The predicted octanol–water partition coefficient (Wildman–Crippen LogP) is 2.51. The van der Waals surface area contributed by atoms with Crippen molar-refractivity contribution < 1.29 is 34.1 Å². The monoisotopic (exact) mass is 668 g/mol. The molecule has 0 saturated carbocycles. The minimum atomic E-state index is -1.07. The third kappa shape index (κ3) is 17.7. The topological polar surface area (TPSA) is 186 Å². The van der Waals surface area contributed by atoms with Gasteiger partial charge in [0.15, 0.2) is 6.04 Å². The molecule has 2 aromatic rings. The quantitative estimate of drug-likeness (QED) is 0.181. The summed E-state index contributed by atoms with van der Waals surface area (Å²) in [6, 6.07) is 11.9. The number of anilines is 2. The summed E-state index contributed by atoms with van der Waals surface area (Å²) in [6.07, 6.45) is 0. The number of nitrogens with one attached hydrogen (secondary N) is 2. The first-order valence-electron chi connectivity index (χ1n) is 10.7. The summed E-state index contributed by atoms with van der Waals surface area (Å²) in [7, 11) is 0. The van der Waals surface area contributed by atoms with Gasteiger partial charge in [-0.3, -0.25) is 4.79 Å². The van der Waals surface area contributed by atoms with E-state index < -0.39 is 36.7 Å². The molecule has 14 heteroatoms. The maximum absolute atomic E-state index is 11.6. The first-order chi connectivity index (χ1) is 17.1. The summed E-state index contributed by atoms with van der Waals surface area (Å²) in [4.78, 5) is 33.5. The van der Waals surface area contributed by atoms with E-state index in [1.54, 1.807) is 38.1 Å². The van der Waals surface area contributed by atoms with Crippen LogP contribution in [0.5, 0.6) is 0 Å². The number of aliphatic hydroxyl groups excluding tert-OH is 2. The zero-order valence-electron chi connectivity index (χ0n) is 20.4. The molecule has 0 spiro atoms. The minimum absolute atomic E-state index is 0. The van der Waals surface area contributed by atoms with E-state index in [0.717, 1.165) is 14.6 Å². The largest absolute Gasteiger partial charge is 0.465 e. The van der Waals surface area contributed by atoms with Crippen LogP contribution in [0.25, 0.3) is 0 Å². The highest BCUT2D eigenvalue weighted by molar-refractivity contribution is 9.10. The molecule has 0 aliphatic carbocycles. The van der Waals surface area contributed by atoms with Crippen molar-refractivity contribution in [3.05, 3.63) is 57.5 Å². The third-order valence-electron chi connectivity index (χ3n) is 3.82. The number of benzene rings is 2. The molecule has 8 N–H and O–H groups in total. The lowest BCUT2D eigenvalue weighted by Gasteiger charge is -2.15. The number of carbonyl (C=O) groups excluding carboxylic acids is 3. The number of hydrogen-bond donors (Lipinski definition) is 6. The molecule has 0 saturated heterocycles. The van der Waals surface area contributed by atoms with Crippen LogP contribution < -0.4 is 22.1 Å². The molecule has 208 valence electrons. The first kappa shape index (κ1) is 36.8. The van der Waals surface area contributed by atoms with Gasteiger partial charge >= 0.3 is 18.0 Å². The fraction of sp³-hybridized carbons (Fsp3) is 0.348. The fourth-order valence-electron chi connectivity index (χ4n) is 2.07. The smallest absolute Gasteiger partial charge is 0.331 e. The number of ether oxygens (including phenoxy) is 2. The van der Waals surface area contributed by atoms with Crippen LogP contribution in [0.3, 0.4) is 0 Å². The fourth-order valence-corrected chi connectivity index (χ4v) is 2.60. The Morgan fingerprint density at radius 2 is 1.32 bits per heavy atom. The number of amides is 2. The van der Waals surface area contributed by atoms with Gasteiger partial charge in [-0.05, 0) is 62.4 Å². The maximum Gasteiger partial charge on any atom is 0.331 e. The lowest BCUT2D eigenvalue weighted by Crippen LogP contribution is -2.46. The van der Waals surface area contributed by atoms with E-state index in [1.807, 2.05) is 24.3 Å². The van der Waals surface area contributed by atoms with E-state index in [2.05, 4.69) is 47.2 Å². The van der Waals surface area contributed by atoms with Gasteiger partial charge in [-0.2, -0.15) is 13.5 Å². The minimum Gasteiger partial charge on any atom is -0.465 e. The van der Waals surface area contributed by atoms with Gasteiger partial charge in [-0.1, -0.05) is 31.9 Å². The molecule has 37 heavy (non-hydrogen) atoms. The van der Waals surface area contributed by atoms with Gasteiger partial charge in [0.25, 0.3) is 0 Å². The molecule has 2 atom stereocenters. The Labute approximate surface area is 240 Å². The molecule has 0 fully saturated rings. The van der Waals surface area contributed by atoms with Crippen molar-refractivity contribution in [2.24, 2.45) is 5.73 Å².